The minimum absolute atomic E-state index is 0.0946. The fourth-order valence-corrected chi connectivity index (χ4v) is 11.5. The number of aldehydes is 1. The number of unbranched alkanes of at least 4 members (excludes halogenated alkanes) is 10. The lowest BCUT2D eigenvalue weighted by molar-refractivity contribution is -0.109. The number of aliphatic hydroxyl groups is 2. The summed E-state index contributed by atoms with van der Waals surface area (Å²) < 4.78 is 161. The molecule has 126 heavy (non-hydrogen) atoms. The number of hydrogen-bond donors (Lipinski definition) is 2. The Bertz CT molecular complexity index is 3710. The van der Waals surface area contributed by atoms with Crippen LogP contribution in [0, 0.1) is 29.1 Å². The van der Waals surface area contributed by atoms with Crippen molar-refractivity contribution in [1.29, 1.82) is 0 Å². The van der Waals surface area contributed by atoms with Crippen LogP contribution < -0.4 is 23.7 Å². The van der Waals surface area contributed by atoms with Gasteiger partial charge in [0.1, 0.15) is 124 Å². The highest BCUT2D eigenvalue weighted by Crippen LogP contribution is 2.21. The average Bonchev–Trinajstić information content (AvgIpc) is 1.84. The van der Waals surface area contributed by atoms with E-state index in [-0.39, 0.29) is 87.1 Å². The molecule has 0 radical (unpaired) electrons. The van der Waals surface area contributed by atoms with Crippen molar-refractivity contribution in [3.05, 3.63) is 258 Å². The summed E-state index contributed by atoms with van der Waals surface area (Å²) >= 11 is 3.39. The van der Waals surface area contributed by atoms with Crippen LogP contribution in [0.2, 0.25) is 0 Å². The van der Waals surface area contributed by atoms with Gasteiger partial charge in [-0.3, -0.25) is 0 Å². The lowest BCUT2D eigenvalue weighted by Crippen LogP contribution is -2.23. The van der Waals surface area contributed by atoms with Crippen LogP contribution in [0.4, 0.5) is 22.0 Å². The van der Waals surface area contributed by atoms with Gasteiger partial charge in [0, 0.05) is 59.5 Å². The molecule has 0 amide bonds. The van der Waals surface area contributed by atoms with Gasteiger partial charge in [-0.25, -0.2) is 22.0 Å². The van der Waals surface area contributed by atoms with Crippen molar-refractivity contribution in [1.82, 2.24) is 0 Å². The Morgan fingerprint density at radius 3 is 0.968 bits per heavy atom. The molecular weight excluding hydrogens is 1700 g/mol. The smallest absolute Gasteiger partial charge is 0.147 e. The van der Waals surface area contributed by atoms with E-state index in [0.717, 1.165) is 147 Å². The molecule has 2 N–H and O–H groups in total. The Labute approximate surface area is 752 Å². The van der Waals surface area contributed by atoms with Crippen LogP contribution in [-0.4, -0.2) is 200 Å². The van der Waals surface area contributed by atoms with Crippen LogP contribution in [0.3, 0.4) is 0 Å². The number of epoxide rings is 1. The van der Waals surface area contributed by atoms with Crippen LogP contribution in [0.5, 0.6) is 28.7 Å². The quantitative estimate of drug-likeness (QED) is 0.00902. The van der Waals surface area contributed by atoms with Gasteiger partial charge in [-0.2, -0.15) is 0 Å². The summed E-state index contributed by atoms with van der Waals surface area (Å²) in [7, 11) is 4.86. The summed E-state index contributed by atoms with van der Waals surface area (Å²) in [6, 6.07) is 60.2. The molecule has 21 nitrogen and oxygen atoms in total. The third-order valence-electron chi connectivity index (χ3n) is 18.3. The predicted molar refractivity (Wildman–Crippen MR) is 481 cm³/mol. The van der Waals surface area contributed by atoms with Crippen LogP contribution in [-0.2, 0) is 86.2 Å². The summed E-state index contributed by atoms with van der Waals surface area (Å²) in [6.07, 6.45) is 17.9. The van der Waals surface area contributed by atoms with Crippen molar-refractivity contribution in [2.45, 2.75) is 172 Å². The Morgan fingerprint density at radius 1 is 0.357 bits per heavy atom. The minimum atomic E-state index is -0.500. The topological polar surface area (TPSA) is 227 Å². The number of aliphatic hydroxyl groups excluding tert-OH is 2. The highest BCUT2D eigenvalue weighted by molar-refractivity contribution is 9.09. The first-order valence-electron chi connectivity index (χ1n) is 43.5. The van der Waals surface area contributed by atoms with E-state index in [0.29, 0.717) is 121 Å². The zero-order valence-electron chi connectivity index (χ0n) is 73.8. The van der Waals surface area contributed by atoms with Crippen molar-refractivity contribution < 1.29 is 122 Å². The van der Waals surface area contributed by atoms with Crippen molar-refractivity contribution in [2.24, 2.45) is 0 Å². The van der Waals surface area contributed by atoms with Crippen molar-refractivity contribution in [2.75, 3.05) is 153 Å². The first-order chi connectivity index (χ1) is 61.8. The van der Waals surface area contributed by atoms with Crippen LogP contribution in [0.25, 0.3) is 0 Å². The number of carbonyl (C=O) groups excluding carboxylic acids is 1. The molecule has 8 aromatic carbocycles. The lowest BCUT2D eigenvalue weighted by atomic mass is 10.1. The number of halogens is 6. The highest BCUT2D eigenvalue weighted by atomic mass is 79.9. The number of alkyl halides is 1. The molecule has 1 heterocycles. The first kappa shape index (κ1) is 110. The Kier molecular flexibility index (Phi) is 68.3. The van der Waals surface area contributed by atoms with Gasteiger partial charge >= 0.3 is 0 Å². The molecule has 700 valence electrons. The molecule has 0 aromatic heterocycles. The van der Waals surface area contributed by atoms with Gasteiger partial charge in [-0.05, 0) is 202 Å². The summed E-state index contributed by atoms with van der Waals surface area (Å²) in [5.41, 5.74) is 3.63. The van der Waals surface area contributed by atoms with Crippen molar-refractivity contribution in [3.63, 3.8) is 0 Å². The normalized spacial score (nSPS) is 12.7. The monoisotopic (exact) mass is 1830 g/mol. The number of rotatable bonds is 66. The molecule has 8 aromatic rings. The van der Waals surface area contributed by atoms with E-state index in [1.165, 1.54) is 83.8 Å². The van der Waals surface area contributed by atoms with Gasteiger partial charge in [-0.1, -0.05) is 158 Å². The molecule has 1 aliphatic heterocycles. The van der Waals surface area contributed by atoms with E-state index in [9.17, 15) is 31.9 Å². The van der Waals surface area contributed by atoms with Gasteiger partial charge in [0.25, 0.3) is 0 Å². The Balaban J connectivity index is 0.000000324. The largest absolute Gasteiger partial charge is 0.491 e. The average molecular weight is 1840 g/mol. The first-order valence-corrected chi connectivity index (χ1v) is 44.7. The van der Waals surface area contributed by atoms with Gasteiger partial charge in [-0.15, -0.1) is 0 Å². The van der Waals surface area contributed by atoms with E-state index in [2.05, 4.69) is 52.3 Å². The van der Waals surface area contributed by atoms with E-state index >= 15 is 0 Å². The van der Waals surface area contributed by atoms with E-state index in [1.54, 1.807) is 82.0 Å². The minimum Gasteiger partial charge on any atom is -0.491 e. The molecule has 27 heteroatoms. The number of carbonyl (C=O) groups is 1. The Hall–Kier alpha value is -8.04. The zero-order valence-corrected chi connectivity index (χ0v) is 75.4. The van der Waals surface area contributed by atoms with Gasteiger partial charge in [0.05, 0.1) is 90.5 Å². The van der Waals surface area contributed by atoms with Crippen molar-refractivity contribution >= 4 is 22.2 Å². The second kappa shape index (κ2) is 78.0. The SMILES string of the molecule is BrCCCCOCc1ccccc1.COCCOCOC(CCCCCC=O)COc1ccc(F)cc1.COCCOCOC(CCCCCO)COc1ccc(F)cc1.COCCOCOC(CCCCCOCc1ccccc1)COc1ccc(F)cc1.Fc1ccc(OCC2CO2)cc1.OC(CCCCCOCc1ccccc1)COc1ccc(F)cc1. The number of methoxy groups -OCH3 is 3. The van der Waals surface area contributed by atoms with E-state index in [1.807, 2.05) is 54.6 Å². The predicted octanol–water partition coefficient (Wildman–Crippen LogP) is 20.4. The molecule has 1 fully saturated rings. The third kappa shape index (κ3) is 63.8. The van der Waals surface area contributed by atoms with Crippen LogP contribution in [0.15, 0.2) is 212 Å². The molecule has 5 atom stereocenters. The molecular formula is C99H136BrF5O21. The second-order valence-electron chi connectivity index (χ2n) is 28.9. The maximum absolute atomic E-state index is 13.0. The molecule has 0 spiro atoms. The highest BCUT2D eigenvalue weighted by Gasteiger charge is 2.23. The lowest BCUT2D eigenvalue weighted by Gasteiger charge is -2.19. The number of benzene rings is 8. The van der Waals surface area contributed by atoms with Gasteiger partial charge < -0.3 is 100 Å². The second-order valence-corrected chi connectivity index (χ2v) is 29.7. The molecule has 0 aliphatic carbocycles. The molecule has 5 unspecified atom stereocenters. The van der Waals surface area contributed by atoms with Crippen molar-refractivity contribution in [3.8, 4) is 28.7 Å². The summed E-state index contributed by atoms with van der Waals surface area (Å²) in [4.78, 5) is 10.3. The number of ether oxygens (including phenoxy) is 18. The summed E-state index contributed by atoms with van der Waals surface area (Å²) in [5, 5.41) is 19.8. The van der Waals surface area contributed by atoms with Crippen LogP contribution in [0.1, 0.15) is 139 Å². The molecule has 9 rings (SSSR count). The van der Waals surface area contributed by atoms with Crippen LogP contribution >= 0.6 is 15.9 Å². The van der Waals surface area contributed by atoms with Gasteiger partial charge in [0.15, 0.2) is 0 Å². The Morgan fingerprint density at radius 2 is 0.659 bits per heavy atom. The maximum atomic E-state index is 13.0. The summed E-state index contributed by atoms with van der Waals surface area (Å²) in [5.74, 6) is 1.69. The molecule has 1 aliphatic rings. The molecule has 0 bridgehead atoms. The fraction of sp³-hybridized carbons (Fsp3) is 0.505. The van der Waals surface area contributed by atoms with E-state index < -0.39 is 6.10 Å². The molecule has 0 saturated carbocycles. The summed E-state index contributed by atoms with van der Waals surface area (Å²) in [6.45, 7) is 10.9. The molecule has 1 saturated heterocycles. The fourth-order valence-electron chi connectivity index (χ4n) is 11.1. The van der Waals surface area contributed by atoms with E-state index in [4.69, 9.17) is 90.4 Å². The third-order valence-corrected chi connectivity index (χ3v) is 18.9. The van der Waals surface area contributed by atoms with Gasteiger partial charge in [0.2, 0.25) is 0 Å². The standard InChI is InChI=1S/C24H33FO5.C20H25FO3.C18H27FO5.C17H27FO5.C11H15BrO.C9H9FO2/c1-26-16-17-28-20-30-24(19-29-23-13-11-22(25)12-14-23)10-6-3-7-15-27-18-21-8-4-2-5-9-21;21-18-10-12-20(13-11-18)24-16-19(22)9-5-2-6-14-23-15-17-7-3-1-4-8-17;1-21-12-13-22-15-24-18(6-4-2-3-5-11-20)14-23-17-9-7-16(19)8-10-17;1-20-11-12-21-14-23-17(5-3-2-4-10-19)13-22-16-8-6-15(18)7-9-16;12-8-4-5-9-13-10-11-6-2-1-3-7-11;10-7-1-3-8(4-2-7)11-5-9-6-12-9/h2,4-5,8-9,11-14,24H,3,6-7,10,15-20H2,1H3;1,3-4,7-8,10-13,19,22H,2,5-6,9,14-16H2;7-11,18H,2-6,12-15H2,1H3;6-9,17,19H,2-5,10-14H2,1H3;1-3,6-7H,4-5,8-10H2;1-4,9H,5-6H2. The number of hydrogen-bond acceptors (Lipinski definition) is 21. The maximum Gasteiger partial charge on any atom is 0.147 e. The zero-order chi connectivity index (χ0) is 90.3.